The number of halogens is 3. The van der Waals surface area contributed by atoms with E-state index in [0.717, 1.165) is 12.1 Å². The van der Waals surface area contributed by atoms with Crippen molar-refractivity contribution < 1.29 is 45.3 Å². The largest absolute Gasteiger partial charge is 0.573 e. The van der Waals surface area contributed by atoms with Gasteiger partial charge in [0.15, 0.2) is 26.5 Å². The van der Waals surface area contributed by atoms with E-state index in [9.17, 15) is 26.4 Å². The Morgan fingerprint density at radius 3 is 2.15 bits per heavy atom. The van der Waals surface area contributed by atoms with Gasteiger partial charge in [-0.3, -0.25) is 10.1 Å². The molecule has 4 aromatic rings. The summed E-state index contributed by atoms with van der Waals surface area (Å²) in [5.41, 5.74) is 0.845. The molecule has 0 saturated heterocycles. The summed E-state index contributed by atoms with van der Waals surface area (Å²) in [7, 11) is -0.511. The SMILES string of the molecule is CCS(=O)(=O)c1ccc(C(Oc2ccc(OC(F)(F)F)cc2)C(=O)Nc2nc3cc(OC)c(OC)cc3s2)cc1. The number of ether oxygens (including phenoxy) is 4. The van der Waals surface area contributed by atoms with Crippen LogP contribution in [0.1, 0.15) is 18.6 Å². The third kappa shape index (κ3) is 6.74. The monoisotopic (exact) mass is 596 g/mol. The number of amides is 1. The van der Waals surface area contributed by atoms with Gasteiger partial charge in [-0.1, -0.05) is 30.4 Å². The number of aromatic nitrogens is 1. The molecular weight excluding hydrogens is 573 g/mol. The molecule has 40 heavy (non-hydrogen) atoms. The lowest BCUT2D eigenvalue weighted by Crippen LogP contribution is -2.25. The molecule has 0 aliphatic carbocycles. The normalized spacial score (nSPS) is 12.6. The molecule has 4 rings (SSSR count). The van der Waals surface area contributed by atoms with Crippen LogP contribution in [0.4, 0.5) is 18.3 Å². The second-order valence-electron chi connectivity index (χ2n) is 8.17. The highest BCUT2D eigenvalue weighted by molar-refractivity contribution is 7.91. The van der Waals surface area contributed by atoms with Crippen LogP contribution in [0.5, 0.6) is 23.0 Å². The van der Waals surface area contributed by atoms with E-state index < -0.39 is 34.0 Å². The van der Waals surface area contributed by atoms with Crippen LogP contribution < -0.4 is 24.3 Å². The first-order valence-electron chi connectivity index (χ1n) is 11.6. The van der Waals surface area contributed by atoms with Crippen LogP contribution in [0.25, 0.3) is 10.2 Å². The van der Waals surface area contributed by atoms with Crippen LogP contribution in [0.15, 0.2) is 65.6 Å². The standard InChI is InChI=1S/C26H23F3N2O7S2/c1-4-40(33,34)18-11-5-15(6-12-18)23(37-16-7-9-17(10-8-16)38-26(27,28)29)24(32)31-25-30-19-13-20(35-2)21(36-3)14-22(19)39-25/h5-14,23H,4H2,1-3H3,(H,30,31,32). The van der Waals surface area contributed by atoms with E-state index in [1.54, 1.807) is 12.1 Å². The number of fused-ring (bicyclic) bond motifs is 1. The summed E-state index contributed by atoms with van der Waals surface area (Å²) in [5.74, 6) is -0.210. The number of hydrogen-bond donors (Lipinski definition) is 1. The predicted molar refractivity (Wildman–Crippen MR) is 142 cm³/mol. The third-order valence-corrected chi connectivity index (χ3v) is 8.28. The molecule has 0 fully saturated rings. The molecule has 1 aromatic heterocycles. The Labute approximate surface area is 231 Å². The zero-order chi connectivity index (χ0) is 29.1. The number of thiazole rings is 1. The molecule has 0 saturated carbocycles. The number of carbonyl (C=O) groups is 1. The molecule has 1 N–H and O–H groups in total. The molecule has 9 nitrogen and oxygen atoms in total. The lowest BCUT2D eigenvalue weighted by molar-refractivity contribution is -0.274. The van der Waals surface area contributed by atoms with E-state index in [2.05, 4.69) is 15.0 Å². The van der Waals surface area contributed by atoms with E-state index in [1.807, 2.05) is 0 Å². The van der Waals surface area contributed by atoms with Crippen molar-refractivity contribution in [3.8, 4) is 23.0 Å². The molecule has 212 valence electrons. The minimum atomic E-state index is -4.86. The van der Waals surface area contributed by atoms with Crippen molar-refractivity contribution in [2.75, 3.05) is 25.3 Å². The number of sulfone groups is 1. The fraction of sp³-hybridized carbons (Fsp3) is 0.231. The lowest BCUT2D eigenvalue weighted by Gasteiger charge is -2.19. The molecule has 1 atom stereocenters. The smallest absolute Gasteiger partial charge is 0.493 e. The van der Waals surface area contributed by atoms with Gasteiger partial charge in [0.1, 0.15) is 11.5 Å². The van der Waals surface area contributed by atoms with Crippen LogP contribution >= 0.6 is 11.3 Å². The van der Waals surface area contributed by atoms with Crippen molar-refractivity contribution in [2.24, 2.45) is 0 Å². The highest BCUT2D eigenvalue weighted by Gasteiger charge is 2.31. The zero-order valence-corrected chi connectivity index (χ0v) is 22.9. The molecule has 14 heteroatoms. The fourth-order valence-electron chi connectivity index (χ4n) is 3.63. The predicted octanol–water partition coefficient (Wildman–Crippen LogP) is 5.76. The Kier molecular flexibility index (Phi) is 8.40. The number of nitrogens with one attached hydrogen (secondary N) is 1. The van der Waals surface area contributed by atoms with E-state index in [4.69, 9.17) is 14.2 Å². The first-order chi connectivity index (χ1) is 18.9. The fourth-order valence-corrected chi connectivity index (χ4v) is 5.39. The number of nitrogens with zero attached hydrogens (tertiary/aromatic N) is 1. The summed E-state index contributed by atoms with van der Waals surface area (Å²) >= 11 is 1.17. The van der Waals surface area contributed by atoms with Gasteiger partial charge in [0.05, 0.1) is 35.1 Å². The van der Waals surface area contributed by atoms with Gasteiger partial charge >= 0.3 is 6.36 Å². The quantitative estimate of drug-likeness (QED) is 0.246. The Hall–Kier alpha value is -4.04. The van der Waals surface area contributed by atoms with Crippen LogP contribution in [0.3, 0.4) is 0 Å². The summed E-state index contributed by atoms with van der Waals surface area (Å²) in [6.07, 6.45) is -6.18. The van der Waals surface area contributed by atoms with Gasteiger partial charge < -0.3 is 18.9 Å². The number of methoxy groups -OCH3 is 2. The van der Waals surface area contributed by atoms with Gasteiger partial charge in [-0.2, -0.15) is 0 Å². The maximum Gasteiger partial charge on any atom is 0.573 e. The molecule has 1 unspecified atom stereocenters. The summed E-state index contributed by atoms with van der Waals surface area (Å²) in [4.78, 5) is 17.9. The lowest BCUT2D eigenvalue weighted by atomic mass is 10.1. The van der Waals surface area contributed by atoms with Gasteiger partial charge in [0.2, 0.25) is 6.10 Å². The first kappa shape index (κ1) is 29.0. The Balaban J connectivity index is 1.64. The summed E-state index contributed by atoms with van der Waals surface area (Å²) < 4.78 is 83.1. The average Bonchev–Trinajstić information content (AvgIpc) is 3.31. The van der Waals surface area contributed by atoms with Gasteiger partial charge in [-0.25, -0.2) is 13.4 Å². The number of carbonyl (C=O) groups excluding carboxylic acids is 1. The Morgan fingerprint density at radius 2 is 1.57 bits per heavy atom. The molecule has 0 radical (unpaired) electrons. The summed E-state index contributed by atoms with van der Waals surface area (Å²) in [6.45, 7) is 1.51. The molecule has 0 aliphatic heterocycles. The van der Waals surface area contributed by atoms with Crippen molar-refractivity contribution >= 4 is 42.4 Å². The zero-order valence-electron chi connectivity index (χ0n) is 21.3. The number of rotatable bonds is 10. The average molecular weight is 597 g/mol. The molecule has 1 heterocycles. The topological polar surface area (TPSA) is 113 Å². The van der Waals surface area contributed by atoms with Crippen molar-refractivity contribution in [2.45, 2.75) is 24.3 Å². The van der Waals surface area contributed by atoms with E-state index in [-0.39, 0.29) is 21.5 Å². The molecule has 1 amide bonds. The highest BCUT2D eigenvalue weighted by Crippen LogP contribution is 2.37. The number of anilines is 1. The molecule has 0 spiro atoms. The van der Waals surface area contributed by atoms with Crippen LogP contribution in [-0.2, 0) is 14.6 Å². The van der Waals surface area contributed by atoms with Crippen molar-refractivity contribution in [3.63, 3.8) is 0 Å². The molecule has 0 aliphatic rings. The maximum absolute atomic E-state index is 13.4. The second kappa shape index (κ2) is 11.6. The van der Waals surface area contributed by atoms with E-state index >= 15 is 0 Å². The Bertz CT molecular complexity index is 1560. The minimum absolute atomic E-state index is 0.0682. The second-order valence-corrected chi connectivity index (χ2v) is 11.5. The maximum atomic E-state index is 13.4. The van der Waals surface area contributed by atoms with Gasteiger partial charge in [0.25, 0.3) is 5.91 Å². The van der Waals surface area contributed by atoms with E-state index in [1.165, 1.54) is 68.9 Å². The molecular formula is C26H23F3N2O7S2. The van der Waals surface area contributed by atoms with Gasteiger partial charge in [0, 0.05) is 17.7 Å². The highest BCUT2D eigenvalue weighted by atomic mass is 32.2. The third-order valence-electron chi connectivity index (χ3n) is 5.60. The van der Waals surface area contributed by atoms with Gasteiger partial charge in [-0.15, -0.1) is 13.2 Å². The molecule has 3 aromatic carbocycles. The Morgan fingerprint density at radius 1 is 0.975 bits per heavy atom. The summed E-state index contributed by atoms with van der Waals surface area (Å²) in [5, 5.41) is 2.93. The summed E-state index contributed by atoms with van der Waals surface area (Å²) in [6, 6.07) is 13.5. The minimum Gasteiger partial charge on any atom is -0.493 e. The van der Waals surface area contributed by atoms with Crippen molar-refractivity contribution in [3.05, 3.63) is 66.2 Å². The van der Waals surface area contributed by atoms with E-state index in [0.29, 0.717) is 27.3 Å². The first-order valence-corrected chi connectivity index (χ1v) is 14.1. The van der Waals surface area contributed by atoms with Crippen LogP contribution in [-0.4, -0.2) is 45.6 Å². The van der Waals surface area contributed by atoms with Crippen molar-refractivity contribution in [1.82, 2.24) is 4.98 Å². The van der Waals surface area contributed by atoms with Gasteiger partial charge in [-0.05, 0) is 36.4 Å². The van der Waals surface area contributed by atoms with Crippen LogP contribution in [0, 0.1) is 0 Å². The molecule has 0 bridgehead atoms. The number of hydrogen-bond acceptors (Lipinski definition) is 9. The van der Waals surface area contributed by atoms with Crippen molar-refractivity contribution in [1.29, 1.82) is 0 Å². The number of alkyl halides is 3. The number of benzene rings is 3. The van der Waals surface area contributed by atoms with Crippen LogP contribution in [0.2, 0.25) is 0 Å².